The molecule has 16 heavy (non-hydrogen) atoms. The van der Waals surface area contributed by atoms with Gasteiger partial charge in [-0.1, -0.05) is 0 Å². The van der Waals surface area contributed by atoms with Gasteiger partial charge in [0, 0.05) is 25.8 Å². The fraction of sp³-hybridized carbons (Fsp3) is 0.700. The highest BCUT2D eigenvalue weighted by atomic mass is 16.4. The number of carbonyl (C=O) groups is 1. The average Bonchev–Trinajstić information content (AvgIpc) is 2.25. The number of hydrogen-bond acceptors (Lipinski definition) is 3. The highest BCUT2D eigenvalue weighted by Gasteiger charge is 2.12. The lowest BCUT2D eigenvalue weighted by molar-refractivity contribution is -0.133. The summed E-state index contributed by atoms with van der Waals surface area (Å²) in [6.45, 7) is 9.06. The molecule has 0 saturated carbocycles. The number of hydrogen-bond donors (Lipinski definition) is 1. The molecule has 92 valence electrons. The van der Waals surface area contributed by atoms with Gasteiger partial charge in [-0.25, -0.2) is 4.79 Å². The zero-order chi connectivity index (χ0) is 12.6. The smallest absolute Gasteiger partial charge is 0.332 e. The fourth-order valence-electron chi connectivity index (χ4n) is 1.01. The normalized spacial score (nSPS) is 11.9. The van der Waals surface area contributed by atoms with Gasteiger partial charge in [-0.05, 0) is 32.9 Å². The van der Waals surface area contributed by atoms with Crippen molar-refractivity contribution < 1.29 is 9.90 Å². The van der Waals surface area contributed by atoms with Gasteiger partial charge in [0.15, 0.2) is 0 Å². The maximum atomic E-state index is 10.7. The van der Waals surface area contributed by atoms with E-state index in [1.165, 1.54) is 11.4 Å². The Morgan fingerprint density at radius 2 is 1.75 bits per heavy atom. The van der Waals surface area contributed by atoms with Crippen molar-refractivity contribution in [1.29, 1.82) is 0 Å². The molecule has 0 saturated heterocycles. The van der Waals surface area contributed by atoms with Crippen molar-refractivity contribution in [2.75, 3.05) is 19.6 Å². The minimum atomic E-state index is -0.939. The van der Waals surface area contributed by atoms with Crippen LogP contribution >= 0.6 is 0 Å². The molecular formula is C10H20N4O2. The standard InChI is InChI=1S/C10H20N4O2/c1-5-11-14(12-6-2)13(7-3)8-9(4)10(15)16/h8H,5-7H2,1-4H3,(H,15,16). The number of hydrazine groups is 1. The summed E-state index contributed by atoms with van der Waals surface area (Å²) in [5, 5.41) is 11.9. The summed E-state index contributed by atoms with van der Waals surface area (Å²) in [4.78, 5) is 10.7. The van der Waals surface area contributed by atoms with Crippen molar-refractivity contribution in [3.63, 3.8) is 0 Å². The Hall–Kier alpha value is -1.11. The molecule has 6 heteroatoms. The molecule has 6 nitrogen and oxygen atoms in total. The molecule has 0 aromatic rings. The van der Waals surface area contributed by atoms with Crippen LogP contribution in [0.5, 0.6) is 0 Å². The van der Waals surface area contributed by atoms with Crippen molar-refractivity contribution in [2.24, 2.45) is 0 Å². The lowest BCUT2D eigenvalue weighted by Gasteiger charge is -2.30. The van der Waals surface area contributed by atoms with Crippen LogP contribution in [0.4, 0.5) is 0 Å². The molecule has 2 radical (unpaired) electrons. The van der Waals surface area contributed by atoms with Gasteiger partial charge in [0.1, 0.15) is 0 Å². The lowest BCUT2D eigenvalue weighted by Crippen LogP contribution is -2.49. The molecular weight excluding hydrogens is 208 g/mol. The number of rotatable bonds is 8. The molecule has 0 bridgehead atoms. The molecule has 0 spiro atoms. The van der Waals surface area contributed by atoms with E-state index in [-0.39, 0.29) is 5.57 Å². The SMILES string of the molecule is CC[N]N([N]CC)N(C=C(C)C(=O)O)CC. The summed E-state index contributed by atoms with van der Waals surface area (Å²) in [5.74, 6) is -0.939. The van der Waals surface area contributed by atoms with Crippen molar-refractivity contribution in [1.82, 2.24) is 21.1 Å². The Balaban J connectivity index is 4.64. The van der Waals surface area contributed by atoms with Crippen LogP contribution in [0.1, 0.15) is 27.7 Å². The Labute approximate surface area is 96.8 Å². The summed E-state index contributed by atoms with van der Waals surface area (Å²) in [5.41, 5.74) is 8.56. The van der Waals surface area contributed by atoms with Gasteiger partial charge >= 0.3 is 5.97 Å². The third-order valence-electron chi connectivity index (χ3n) is 1.77. The molecule has 0 aromatic carbocycles. The Kier molecular flexibility index (Phi) is 7.53. The summed E-state index contributed by atoms with van der Waals surface area (Å²) >= 11 is 0. The fourth-order valence-corrected chi connectivity index (χ4v) is 1.01. The Morgan fingerprint density at radius 3 is 2.06 bits per heavy atom. The third-order valence-corrected chi connectivity index (χ3v) is 1.77. The van der Waals surface area contributed by atoms with E-state index in [2.05, 4.69) is 10.9 Å². The maximum Gasteiger partial charge on any atom is 0.332 e. The molecule has 1 N–H and O–H groups in total. The second-order valence-electron chi connectivity index (χ2n) is 3.06. The zero-order valence-corrected chi connectivity index (χ0v) is 10.3. The highest BCUT2D eigenvalue weighted by Crippen LogP contribution is 2.00. The van der Waals surface area contributed by atoms with Crippen LogP contribution in [0.25, 0.3) is 0 Å². The van der Waals surface area contributed by atoms with Crippen molar-refractivity contribution >= 4 is 5.97 Å². The predicted octanol–water partition coefficient (Wildman–Crippen LogP) is 0.592. The van der Waals surface area contributed by atoms with E-state index in [0.717, 1.165) is 0 Å². The van der Waals surface area contributed by atoms with Crippen LogP contribution in [0.2, 0.25) is 0 Å². The molecule has 0 rings (SSSR count). The Bertz CT molecular complexity index is 237. The van der Waals surface area contributed by atoms with Crippen LogP contribution < -0.4 is 10.9 Å². The first-order valence-electron chi connectivity index (χ1n) is 5.39. The minimum absolute atomic E-state index is 0.254. The van der Waals surface area contributed by atoms with E-state index in [1.54, 1.807) is 11.9 Å². The number of carboxylic acid groups (broad SMARTS) is 1. The zero-order valence-electron chi connectivity index (χ0n) is 10.3. The number of aliphatic carboxylic acids is 1. The molecule has 0 aliphatic carbocycles. The lowest BCUT2D eigenvalue weighted by atomic mass is 10.3. The van der Waals surface area contributed by atoms with Gasteiger partial charge in [0.25, 0.3) is 0 Å². The van der Waals surface area contributed by atoms with Gasteiger partial charge in [-0.3, -0.25) is 5.01 Å². The van der Waals surface area contributed by atoms with Gasteiger partial charge in [0.2, 0.25) is 0 Å². The van der Waals surface area contributed by atoms with Crippen LogP contribution in [0, 0.1) is 0 Å². The molecule has 0 aliphatic rings. The molecule has 0 amide bonds. The molecule has 0 atom stereocenters. The molecule has 0 aliphatic heterocycles. The second-order valence-corrected chi connectivity index (χ2v) is 3.06. The first-order valence-corrected chi connectivity index (χ1v) is 5.39. The largest absolute Gasteiger partial charge is 0.478 e. The van der Waals surface area contributed by atoms with Crippen LogP contribution in [-0.4, -0.2) is 40.9 Å². The monoisotopic (exact) mass is 228 g/mol. The third kappa shape index (κ3) is 5.11. The van der Waals surface area contributed by atoms with Crippen LogP contribution in [0.3, 0.4) is 0 Å². The molecule has 0 unspecified atom stereocenters. The van der Waals surface area contributed by atoms with Gasteiger partial charge in [0.05, 0.1) is 5.57 Å². The van der Waals surface area contributed by atoms with Crippen molar-refractivity contribution in [3.05, 3.63) is 11.8 Å². The van der Waals surface area contributed by atoms with Crippen LogP contribution in [-0.2, 0) is 4.79 Å². The van der Waals surface area contributed by atoms with E-state index < -0.39 is 5.97 Å². The minimum Gasteiger partial charge on any atom is -0.478 e. The first-order chi connectivity index (χ1) is 7.56. The maximum absolute atomic E-state index is 10.7. The topological polar surface area (TPSA) is 72.0 Å². The quantitative estimate of drug-likeness (QED) is 0.487. The first kappa shape index (κ1) is 14.9. The van der Waals surface area contributed by atoms with Gasteiger partial charge in [-0.2, -0.15) is 0 Å². The second kappa shape index (κ2) is 8.09. The molecule has 0 aromatic heterocycles. The van der Waals surface area contributed by atoms with Gasteiger partial charge in [-0.15, -0.1) is 10.9 Å². The van der Waals surface area contributed by atoms with Crippen molar-refractivity contribution in [2.45, 2.75) is 27.7 Å². The summed E-state index contributed by atoms with van der Waals surface area (Å²) in [7, 11) is 0. The number of nitrogens with zero attached hydrogens (tertiary/aromatic N) is 4. The van der Waals surface area contributed by atoms with E-state index in [0.29, 0.717) is 19.6 Å². The predicted molar refractivity (Wildman–Crippen MR) is 61.0 cm³/mol. The summed E-state index contributed by atoms with van der Waals surface area (Å²) in [6.07, 6.45) is 1.53. The van der Waals surface area contributed by atoms with E-state index >= 15 is 0 Å². The molecule has 0 fully saturated rings. The average molecular weight is 228 g/mol. The van der Waals surface area contributed by atoms with Gasteiger partial charge < -0.3 is 5.11 Å². The van der Waals surface area contributed by atoms with Crippen LogP contribution in [0.15, 0.2) is 11.8 Å². The Morgan fingerprint density at radius 1 is 1.25 bits per heavy atom. The van der Waals surface area contributed by atoms with E-state index in [1.807, 2.05) is 20.8 Å². The molecule has 0 heterocycles. The van der Waals surface area contributed by atoms with Crippen molar-refractivity contribution in [3.8, 4) is 0 Å². The van der Waals surface area contributed by atoms with E-state index in [4.69, 9.17) is 5.11 Å². The van der Waals surface area contributed by atoms with E-state index in [9.17, 15) is 4.79 Å². The number of carboxylic acids is 1. The highest BCUT2D eigenvalue weighted by molar-refractivity contribution is 5.85. The summed E-state index contributed by atoms with van der Waals surface area (Å²) in [6, 6.07) is 0. The summed E-state index contributed by atoms with van der Waals surface area (Å²) < 4.78 is 0.